The molecule has 0 bridgehead atoms. The summed E-state index contributed by atoms with van der Waals surface area (Å²) >= 11 is 7.93. The van der Waals surface area contributed by atoms with E-state index in [0.29, 0.717) is 10.0 Å². The summed E-state index contributed by atoms with van der Waals surface area (Å²) in [5, 5.41) is 18.2. The van der Waals surface area contributed by atoms with Gasteiger partial charge in [-0.1, -0.05) is 27.7 Å². The highest BCUT2D eigenvalue weighted by Crippen LogP contribution is 2.34. The maximum atomic E-state index is 11.1. The van der Waals surface area contributed by atoms with Crippen molar-refractivity contribution in [2.24, 2.45) is 0 Å². The number of carbonyl (C=O) groups is 1. The maximum absolute atomic E-state index is 11.1. The summed E-state index contributed by atoms with van der Waals surface area (Å²) in [5.74, 6) is -0.992. The molecule has 0 spiro atoms. The molecule has 0 heterocycles. The highest BCUT2D eigenvalue weighted by atomic mass is 79.9. The SMILES string of the molecule is N#Cc1ccc(Br)cc1Sc1ccc(Br)c(C(=O)O)c1. The number of carboxylic acid groups (broad SMARTS) is 1. The van der Waals surface area contributed by atoms with Gasteiger partial charge in [0.2, 0.25) is 0 Å². The highest BCUT2D eigenvalue weighted by Gasteiger charge is 2.11. The second-order valence-corrected chi connectivity index (χ2v) is 6.69. The number of hydrogen-bond donors (Lipinski definition) is 1. The minimum Gasteiger partial charge on any atom is -0.478 e. The monoisotopic (exact) mass is 411 g/mol. The first kappa shape index (κ1) is 15.1. The van der Waals surface area contributed by atoms with Gasteiger partial charge < -0.3 is 5.11 Å². The Morgan fingerprint density at radius 3 is 2.60 bits per heavy atom. The fraction of sp³-hybridized carbons (Fsp3) is 0. The fourth-order valence-corrected chi connectivity index (χ4v) is 3.44. The summed E-state index contributed by atoms with van der Waals surface area (Å²) in [6.45, 7) is 0. The third kappa shape index (κ3) is 3.42. The second-order valence-electron chi connectivity index (χ2n) is 3.80. The number of nitriles is 1. The largest absolute Gasteiger partial charge is 0.478 e. The van der Waals surface area contributed by atoms with Gasteiger partial charge in [-0.05, 0) is 52.3 Å². The Morgan fingerprint density at radius 1 is 1.20 bits per heavy atom. The van der Waals surface area contributed by atoms with Gasteiger partial charge >= 0.3 is 5.97 Å². The molecule has 2 aromatic rings. The van der Waals surface area contributed by atoms with E-state index in [2.05, 4.69) is 37.9 Å². The first-order chi connectivity index (χ1) is 9.51. The van der Waals surface area contributed by atoms with Crippen molar-refractivity contribution in [3.8, 4) is 6.07 Å². The molecule has 0 aliphatic carbocycles. The first-order valence-electron chi connectivity index (χ1n) is 5.41. The molecule has 0 saturated carbocycles. The number of rotatable bonds is 3. The number of aromatic carboxylic acids is 1. The van der Waals surface area contributed by atoms with E-state index in [1.165, 1.54) is 11.8 Å². The number of halogens is 2. The Bertz CT molecular complexity index is 726. The Morgan fingerprint density at radius 2 is 1.95 bits per heavy atom. The van der Waals surface area contributed by atoms with Crippen LogP contribution in [0.15, 0.2) is 55.1 Å². The van der Waals surface area contributed by atoms with E-state index >= 15 is 0 Å². The lowest BCUT2D eigenvalue weighted by molar-refractivity contribution is 0.0695. The van der Waals surface area contributed by atoms with E-state index in [1.807, 2.05) is 12.1 Å². The van der Waals surface area contributed by atoms with Gasteiger partial charge in [-0.15, -0.1) is 0 Å². The molecule has 20 heavy (non-hydrogen) atoms. The van der Waals surface area contributed by atoms with Crippen molar-refractivity contribution >= 4 is 49.6 Å². The van der Waals surface area contributed by atoms with Gasteiger partial charge in [0.1, 0.15) is 6.07 Å². The molecular formula is C14H7Br2NO2S. The molecule has 3 nitrogen and oxygen atoms in total. The molecule has 0 atom stereocenters. The Balaban J connectivity index is 2.40. The van der Waals surface area contributed by atoms with Crippen molar-refractivity contribution in [2.45, 2.75) is 9.79 Å². The Kier molecular flexibility index (Phi) is 4.86. The van der Waals surface area contributed by atoms with Crippen molar-refractivity contribution < 1.29 is 9.90 Å². The quantitative estimate of drug-likeness (QED) is 0.775. The van der Waals surface area contributed by atoms with Gasteiger partial charge in [-0.25, -0.2) is 4.79 Å². The zero-order chi connectivity index (χ0) is 14.7. The van der Waals surface area contributed by atoms with Gasteiger partial charge in [-0.2, -0.15) is 5.26 Å². The highest BCUT2D eigenvalue weighted by molar-refractivity contribution is 9.10. The van der Waals surface area contributed by atoms with Gasteiger partial charge in [0.05, 0.1) is 11.1 Å². The smallest absolute Gasteiger partial charge is 0.336 e. The molecule has 0 unspecified atom stereocenters. The molecule has 0 aromatic heterocycles. The summed E-state index contributed by atoms with van der Waals surface area (Å²) < 4.78 is 1.40. The molecule has 6 heteroatoms. The van der Waals surface area contributed by atoms with Crippen LogP contribution in [-0.2, 0) is 0 Å². The van der Waals surface area contributed by atoms with Crippen LogP contribution in [0.3, 0.4) is 0 Å². The van der Waals surface area contributed by atoms with Crippen LogP contribution < -0.4 is 0 Å². The van der Waals surface area contributed by atoms with Gasteiger partial charge in [0, 0.05) is 18.7 Å². The lowest BCUT2D eigenvalue weighted by atomic mass is 10.2. The number of benzene rings is 2. The van der Waals surface area contributed by atoms with Crippen LogP contribution in [0, 0.1) is 11.3 Å². The van der Waals surface area contributed by atoms with Crippen LogP contribution in [0.1, 0.15) is 15.9 Å². The summed E-state index contributed by atoms with van der Waals surface area (Å²) in [6.07, 6.45) is 0. The molecule has 0 aliphatic rings. The third-order valence-electron chi connectivity index (χ3n) is 2.46. The maximum Gasteiger partial charge on any atom is 0.336 e. The van der Waals surface area contributed by atoms with Crippen molar-refractivity contribution in [1.82, 2.24) is 0 Å². The van der Waals surface area contributed by atoms with Crippen molar-refractivity contribution in [3.63, 3.8) is 0 Å². The third-order valence-corrected chi connectivity index (χ3v) is 4.69. The second kappa shape index (κ2) is 6.44. The number of hydrogen-bond acceptors (Lipinski definition) is 3. The minimum absolute atomic E-state index is 0.198. The van der Waals surface area contributed by atoms with Gasteiger partial charge in [0.15, 0.2) is 0 Å². The van der Waals surface area contributed by atoms with Gasteiger partial charge in [-0.3, -0.25) is 0 Å². The summed E-state index contributed by atoms with van der Waals surface area (Å²) in [5.41, 5.74) is 0.751. The Labute approximate surface area is 136 Å². The average Bonchev–Trinajstić information content (AvgIpc) is 2.41. The Hall–Kier alpha value is -1.29. The van der Waals surface area contributed by atoms with E-state index < -0.39 is 5.97 Å². The van der Waals surface area contributed by atoms with E-state index in [9.17, 15) is 4.79 Å². The minimum atomic E-state index is -0.992. The number of carboxylic acids is 1. The van der Waals surface area contributed by atoms with Crippen molar-refractivity contribution in [1.29, 1.82) is 5.26 Å². The molecule has 2 rings (SSSR count). The molecular weight excluding hydrogens is 406 g/mol. The first-order valence-corrected chi connectivity index (χ1v) is 7.82. The van der Waals surface area contributed by atoms with Crippen molar-refractivity contribution in [3.05, 3.63) is 56.5 Å². The van der Waals surface area contributed by atoms with Crippen molar-refractivity contribution in [2.75, 3.05) is 0 Å². The summed E-state index contributed by atoms with van der Waals surface area (Å²) in [7, 11) is 0. The standard InChI is InChI=1S/C14H7Br2NO2S/c15-9-2-1-8(7-17)13(5-9)20-10-3-4-12(16)11(6-10)14(18)19/h1-6H,(H,18,19). The fourth-order valence-electron chi connectivity index (χ4n) is 1.53. The van der Waals surface area contributed by atoms with E-state index in [4.69, 9.17) is 10.4 Å². The lowest BCUT2D eigenvalue weighted by Gasteiger charge is -2.06. The van der Waals surface area contributed by atoms with Crippen LogP contribution in [0.5, 0.6) is 0 Å². The van der Waals surface area contributed by atoms with Crippen LogP contribution in [0.2, 0.25) is 0 Å². The molecule has 0 amide bonds. The summed E-state index contributed by atoms with van der Waals surface area (Å²) in [4.78, 5) is 12.6. The van der Waals surface area contributed by atoms with E-state index in [0.717, 1.165) is 14.3 Å². The van der Waals surface area contributed by atoms with Crippen LogP contribution in [0.4, 0.5) is 0 Å². The normalized spacial score (nSPS) is 10.1. The molecule has 1 N–H and O–H groups in total. The topological polar surface area (TPSA) is 61.1 Å². The van der Waals surface area contributed by atoms with Crippen LogP contribution in [-0.4, -0.2) is 11.1 Å². The average molecular weight is 413 g/mol. The zero-order valence-electron chi connectivity index (χ0n) is 9.93. The van der Waals surface area contributed by atoms with E-state index in [-0.39, 0.29) is 5.56 Å². The zero-order valence-corrected chi connectivity index (χ0v) is 13.9. The summed E-state index contributed by atoms with van der Waals surface area (Å²) in [6, 6.07) is 12.6. The predicted molar refractivity (Wildman–Crippen MR) is 84.1 cm³/mol. The van der Waals surface area contributed by atoms with Gasteiger partial charge in [0.25, 0.3) is 0 Å². The van der Waals surface area contributed by atoms with Crippen LogP contribution >= 0.6 is 43.6 Å². The molecule has 2 aromatic carbocycles. The van der Waals surface area contributed by atoms with Crippen LogP contribution in [0.25, 0.3) is 0 Å². The molecule has 0 aliphatic heterocycles. The molecule has 0 saturated heterocycles. The predicted octanol–water partition coefficient (Wildman–Crippen LogP) is 4.93. The molecule has 100 valence electrons. The van der Waals surface area contributed by atoms with E-state index in [1.54, 1.807) is 24.3 Å². The molecule has 0 radical (unpaired) electrons. The number of nitrogens with zero attached hydrogens (tertiary/aromatic N) is 1. The lowest BCUT2D eigenvalue weighted by Crippen LogP contribution is -1.97. The molecule has 0 fully saturated rings.